The Morgan fingerprint density at radius 3 is 2.75 bits per heavy atom. The molecule has 2 saturated carbocycles. The van der Waals surface area contributed by atoms with E-state index in [1.165, 1.54) is 45.1 Å². The maximum atomic E-state index is 3.71. The molecule has 2 bridgehead atoms. The second-order valence-corrected chi connectivity index (χ2v) is 4.59. The minimum absolute atomic E-state index is 0.898. The van der Waals surface area contributed by atoms with E-state index in [1.807, 2.05) is 0 Å². The van der Waals surface area contributed by atoms with Crippen LogP contribution in [0.2, 0.25) is 0 Å². The zero-order chi connectivity index (χ0) is 8.39. The molecule has 0 aromatic rings. The summed E-state index contributed by atoms with van der Waals surface area (Å²) in [6, 6.07) is 0.898. The Bertz CT molecular complexity index is 144. The molecule has 12 heavy (non-hydrogen) atoms. The van der Waals surface area contributed by atoms with Gasteiger partial charge in [0, 0.05) is 6.04 Å². The highest BCUT2D eigenvalue weighted by atomic mass is 14.9. The number of rotatable bonds is 4. The van der Waals surface area contributed by atoms with Crippen LogP contribution in [0.5, 0.6) is 0 Å². The van der Waals surface area contributed by atoms with Crippen LogP contribution >= 0.6 is 0 Å². The highest BCUT2D eigenvalue weighted by molar-refractivity contribution is 4.93. The van der Waals surface area contributed by atoms with Crippen molar-refractivity contribution in [1.29, 1.82) is 0 Å². The molecule has 70 valence electrons. The molecule has 0 radical (unpaired) electrons. The van der Waals surface area contributed by atoms with Crippen LogP contribution in [0.1, 0.15) is 45.4 Å². The quantitative estimate of drug-likeness (QED) is 0.635. The summed E-state index contributed by atoms with van der Waals surface area (Å²) in [7, 11) is 0. The molecule has 0 amide bonds. The van der Waals surface area contributed by atoms with E-state index in [9.17, 15) is 0 Å². The summed E-state index contributed by atoms with van der Waals surface area (Å²) in [6.45, 7) is 3.52. The Labute approximate surface area is 75.9 Å². The first kappa shape index (κ1) is 8.55. The van der Waals surface area contributed by atoms with Gasteiger partial charge in [0.05, 0.1) is 0 Å². The first-order valence-corrected chi connectivity index (χ1v) is 5.63. The van der Waals surface area contributed by atoms with E-state index in [4.69, 9.17) is 0 Å². The van der Waals surface area contributed by atoms with Crippen molar-refractivity contribution in [1.82, 2.24) is 5.32 Å². The van der Waals surface area contributed by atoms with Crippen molar-refractivity contribution in [3.63, 3.8) is 0 Å². The molecule has 0 heterocycles. The van der Waals surface area contributed by atoms with Crippen LogP contribution in [0, 0.1) is 11.8 Å². The Morgan fingerprint density at radius 1 is 1.25 bits per heavy atom. The zero-order valence-corrected chi connectivity index (χ0v) is 8.18. The van der Waals surface area contributed by atoms with Gasteiger partial charge in [-0.1, -0.05) is 19.8 Å². The van der Waals surface area contributed by atoms with Gasteiger partial charge in [-0.05, 0) is 44.1 Å². The van der Waals surface area contributed by atoms with Crippen molar-refractivity contribution in [2.24, 2.45) is 11.8 Å². The monoisotopic (exact) mass is 167 g/mol. The molecule has 1 N–H and O–H groups in total. The molecule has 0 aromatic heterocycles. The van der Waals surface area contributed by atoms with Crippen LogP contribution in [0.15, 0.2) is 0 Å². The van der Waals surface area contributed by atoms with E-state index in [1.54, 1.807) is 0 Å². The van der Waals surface area contributed by atoms with Gasteiger partial charge in [0.2, 0.25) is 0 Å². The van der Waals surface area contributed by atoms with Crippen LogP contribution in [0.25, 0.3) is 0 Å². The average Bonchev–Trinajstić information content (AvgIpc) is 2.65. The fourth-order valence-electron chi connectivity index (χ4n) is 2.96. The van der Waals surface area contributed by atoms with E-state index in [2.05, 4.69) is 12.2 Å². The molecule has 1 nitrogen and oxygen atoms in total. The number of hydrogen-bond acceptors (Lipinski definition) is 1. The first-order chi connectivity index (χ1) is 5.90. The van der Waals surface area contributed by atoms with E-state index in [0.717, 1.165) is 17.9 Å². The Morgan fingerprint density at radius 2 is 2.17 bits per heavy atom. The summed E-state index contributed by atoms with van der Waals surface area (Å²) < 4.78 is 0. The number of fused-ring (bicyclic) bond motifs is 2. The number of unbranched alkanes of at least 4 members (excludes halogenated alkanes) is 1. The van der Waals surface area contributed by atoms with Crippen molar-refractivity contribution in [3.8, 4) is 0 Å². The predicted molar refractivity (Wildman–Crippen MR) is 52.1 cm³/mol. The van der Waals surface area contributed by atoms with Gasteiger partial charge in [0.25, 0.3) is 0 Å². The minimum Gasteiger partial charge on any atom is -0.314 e. The molecule has 0 saturated heterocycles. The van der Waals surface area contributed by atoms with E-state index in [-0.39, 0.29) is 0 Å². The summed E-state index contributed by atoms with van der Waals surface area (Å²) in [5.74, 6) is 2.14. The number of hydrogen-bond donors (Lipinski definition) is 1. The predicted octanol–water partition coefficient (Wildman–Crippen LogP) is 2.56. The third kappa shape index (κ3) is 1.66. The van der Waals surface area contributed by atoms with Gasteiger partial charge in [-0.3, -0.25) is 0 Å². The lowest BCUT2D eigenvalue weighted by molar-refractivity contribution is 0.350. The Kier molecular flexibility index (Phi) is 2.69. The minimum atomic E-state index is 0.898. The van der Waals surface area contributed by atoms with Gasteiger partial charge >= 0.3 is 0 Å². The van der Waals surface area contributed by atoms with Gasteiger partial charge in [0.15, 0.2) is 0 Å². The van der Waals surface area contributed by atoms with E-state index in [0.29, 0.717) is 0 Å². The topological polar surface area (TPSA) is 12.0 Å². The second kappa shape index (κ2) is 3.78. The molecule has 2 rings (SSSR count). The maximum absolute atomic E-state index is 3.71. The summed E-state index contributed by atoms with van der Waals surface area (Å²) >= 11 is 0. The van der Waals surface area contributed by atoms with Crippen LogP contribution in [0.3, 0.4) is 0 Å². The molecular formula is C11H21N. The average molecular weight is 167 g/mol. The first-order valence-electron chi connectivity index (χ1n) is 5.63. The lowest BCUT2D eigenvalue weighted by atomic mass is 9.95. The summed E-state index contributed by atoms with van der Waals surface area (Å²) in [4.78, 5) is 0. The third-order valence-corrected chi connectivity index (χ3v) is 3.67. The summed E-state index contributed by atoms with van der Waals surface area (Å²) in [6.07, 6.45) is 8.73. The normalized spacial score (nSPS) is 39.2. The van der Waals surface area contributed by atoms with Gasteiger partial charge in [-0.2, -0.15) is 0 Å². The van der Waals surface area contributed by atoms with Gasteiger partial charge in [-0.25, -0.2) is 0 Å². The SMILES string of the molecule is CCCCN[C@H]1C[C@H]2CC[C@@H]1C2. The molecule has 0 spiro atoms. The van der Waals surface area contributed by atoms with Crippen LogP contribution in [0.4, 0.5) is 0 Å². The van der Waals surface area contributed by atoms with Crippen molar-refractivity contribution in [2.75, 3.05) is 6.54 Å². The fourth-order valence-corrected chi connectivity index (χ4v) is 2.96. The summed E-state index contributed by atoms with van der Waals surface area (Å²) in [5, 5.41) is 3.71. The molecule has 2 fully saturated rings. The largest absolute Gasteiger partial charge is 0.314 e. The van der Waals surface area contributed by atoms with Gasteiger partial charge in [-0.15, -0.1) is 0 Å². The highest BCUT2D eigenvalue weighted by Gasteiger charge is 2.38. The van der Waals surface area contributed by atoms with Crippen molar-refractivity contribution < 1.29 is 0 Å². The highest BCUT2D eigenvalue weighted by Crippen LogP contribution is 2.44. The smallest absolute Gasteiger partial charge is 0.00980 e. The molecule has 2 aliphatic rings. The molecule has 0 aromatic carbocycles. The molecule has 3 atom stereocenters. The Hall–Kier alpha value is -0.0400. The molecular weight excluding hydrogens is 146 g/mol. The molecule has 1 heteroatoms. The van der Waals surface area contributed by atoms with Crippen molar-refractivity contribution in [3.05, 3.63) is 0 Å². The van der Waals surface area contributed by atoms with Crippen molar-refractivity contribution >= 4 is 0 Å². The standard InChI is InChI=1S/C11H21N/c1-2-3-6-12-11-8-9-4-5-10(11)7-9/h9-12H,2-8H2,1H3/t9-,10+,11-/m0/s1. The fraction of sp³-hybridized carbons (Fsp3) is 1.00. The maximum Gasteiger partial charge on any atom is 0.00980 e. The van der Waals surface area contributed by atoms with E-state index < -0.39 is 0 Å². The molecule has 2 aliphatic carbocycles. The molecule has 0 unspecified atom stereocenters. The number of nitrogens with one attached hydrogen (secondary N) is 1. The lowest BCUT2D eigenvalue weighted by Crippen LogP contribution is -2.34. The van der Waals surface area contributed by atoms with Crippen LogP contribution in [-0.2, 0) is 0 Å². The zero-order valence-electron chi connectivity index (χ0n) is 8.18. The van der Waals surface area contributed by atoms with Crippen LogP contribution in [-0.4, -0.2) is 12.6 Å². The van der Waals surface area contributed by atoms with Gasteiger partial charge in [0.1, 0.15) is 0 Å². The van der Waals surface area contributed by atoms with Crippen molar-refractivity contribution in [2.45, 2.75) is 51.5 Å². The van der Waals surface area contributed by atoms with Crippen LogP contribution < -0.4 is 5.32 Å². The third-order valence-electron chi connectivity index (χ3n) is 3.67. The Balaban J connectivity index is 1.69. The van der Waals surface area contributed by atoms with Gasteiger partial charge < -0.3 is 5.32 Å². The summed E-state index contributed by atoms with van der Waals surface area (Å²) in [5.41, 5.74) is 0. The van der Waals surface area contributed by atoms with E-state index >= 15 is 0 Å². The lowest BCUT2D eigenvalue weighted by Gasteiger charge is -2.22. The molecule has 0 aliphatic heterocycles. The second-order valence-electron chi connectivity index (χ2n) is 4.59.